The third-order valence-corrected chi connectivity index (χ3v) is 8.25. The molecule has 0 aromatic rings. The number of ether oxygens (including phenoxy) is 1. The van der Waals surface area contributed by atoms with Crippen LogP contribution in [-0.2, 0) is 9.53 Å². The van der Waals surface area contributed by atoms with Crippen molar-refractivity contribution in [3.05, 3.63) is 11.6 Å². The van der Waals surface area contributed by atoms with Crippen molar-refractivity contribution in [3.63, 3.8) is 0 Å². The predicted molar refractivity (Wildman–Crippen MR) is 91.9 cm³/mol. The lowest BCUT2D eigenvalue weighted by Gasteiger charge is -2.58. The SMILES string of the molecule is CC(=O)O[C@H]1CCC2C3CCC4=CCCC[C@]4(C)C3CC[C@@]21C. The molecule has 0 spiro atoms. The van der Waals surface area contributed by atoms with Gasteiger partial charge in [-0.3, -0.25) is 4.79 Å². The summed E-state index contributed by atoms with van der Waals surface area (Å²) in [7, 11) is 0. The molecule has 4 aliphatic carbocycles. The number of hydrogen-bond acceptors (Lipinski definition) is 2. The van der Waals surface area contributed by atoms with Crippen LogP contribution in [0.3, 0.4) is 0 Å². The fourth-order valence-corrected chi connectivity index (χ4v) is 7.10. The van der Waals surface area contributed by atoms with E-state index in [1.807, 2.05) is 0 Å². The molecule has 0 aromatic carbocycles. The molecule has 23 heavy (non-hydrogen) atoms. The first-order valence-electron chi connectivity index (χ1n) is 9.82. The Morgan fingerprint density at radius 2 is 1.96 bits per heavy atom. The van der Waals surface area contributed by atoms with Crippen LogP contribution < -0.4 is 0 Å². The Labute approximate surface area is 141 Å². The van der Waals surface area contributed by atoms with E-state index in [4.69, 9.17) is 4.74 Å². The average molecular weight is 316 g/mol. The lowest BCUT2D eigenvalue weighted by atomic mass is 9.47. The van der Waals surface area contributed by atoms with E-state index >= 15 is 0 Å². The van der Waals surface area contributed by atoms with Gasteiger partial charge in [-0.2, -0.15) is 0 Å². The number of rotatable bonds is 1. The molecule has 2 nitrogen and oxygen atoms in total. The normalized spacial score (nSPS) is 48.7. The molecule has 0 aliphatic heterocycles. The van der Waals surface area contributed by atoms with Crippen LogP contribution in [0.15, 0.2) is 11.6 Å². The minimum absolute atomic E-state index is 0.0906. The quantitative estimate of drug-likeness (QED) is 0.486. The van der Waals surface area contributed by atoms with Crippen LogP contribution in [0.25, 0.3) is 0 Å². The van der Waals surface area contributed by atoms with E-state index < -0.39 is 0 Å². The maximum absolute atomic E-state index is 11.5. The van der Waals surface area contributed by atoms with Gasteiger partial charge in [0.2, 0.25) is 0 Å². The summed E-state index contributed by atoms with van der Waals surface area (Å²) in [6.45, 7) is 6.56. The van der Waals surface area contributed by atoms with E-state index in [-0.39, 0.29) is 17.5 Å². The monoisotopic (exact) mass is 316 g/mol. The third-order valence-electron chi connectivity index (χ3n) is 8.25. The van der Waals surface area contributed by atoms with Gasteiger partial charge in [-0.15, -0.1) is 0 Å². The van der Waals surface area contributed by atoms with Crippen molar-refractivity contribution >= 4 is 5.97 Å². The minimum atomic E-state index is -0.0906. The molecule has 0 amide bonds. The largest absolute Gasteiger partial charge is 0.462 e. The van der Waals surface area contributed by atoms with Gasteiger partial charge in [0, 0.05) is 12.3 Å². The van der Waals surface area contributed by atoms with Gasteiger partial charge < -0.3 is 4.74 Å². The molecule has 4 aliphatic rings. The number of carbonyl (C=O) groups is 1. The summed E-state index contributed by atoms with van der Waals surface area (Å²) >= 11 is 0. The summed E-state index contributed by atoms with van der Waals surface area (Å²) in [5, 5.41) is 0. The van der Waals surface area contributed by atoms with Crippen LogP contribution in [0.5, 0.6) is 0 Å². The highest BCUT2D eigenvalue weighted by atomic mass is 16.5. The lowest BCUT2D eigenvalue weighted by Crippen LogP contribution is -2.51. The summed E-state index contributed by atoms with van der Waals surface area (Å²) in [5.41, 5.74) is 2.49. The van der Waals surface area contributed by atoms with Gasteiger partial charge in [-0.1, -0.05) is 25.5 Å². The Morgan fingerprint density at radius 3 is 2.74 bits per heavy atom. The molecule has 0 N–H and O–H groups in total. The molecule has 3 saturated carbocycles. The molecule has 0 aromatic heterocycles. The Hall–Kier alpha value is -0.790. The van der Waals surface area contributed by atoms with E-state index in [0.717, 1.165) is 24.2 Å². The molecular weight excluding hydrogens is 284 g/mol. The molecule has 3 unspecified atom stereocenters. The number of allylic oxidation sites excluding steroid dienone is 2. The Kier molecular flexibility index (Phi) is 3.66. The van der Waals surface area contributed by atoms with Crippen LogP contribution in [-0.4, -0.2) is 12.1 Å². The smallest absolute Gasteiger partial charge is 0.302 e. The van der Waals surface area contributed by atoms with E-state index in [1.54, 1.807) is 12.5 Å². The van der Waals surface area contributed by atoms with Crippen LogP contribution >= 0.6 is 0 Å². The lowest BCUT2D eigenvalue weighted by molar-refractivity contribution is -0.157. The highest BCUT2D eigenvalue weighted by Gasteiger charge is 2.59. The Morgan fingerprint density at radius 1 is 1.13 bits per heavy atom. The average Bonchev–Trinajstić information content (AvgIpc) is 2.83. The zero-order valence-electron chi connectivity index (χ0n) is 15.1. The summed E-state index contributed by atoms with van der Waals surface area (Å²) in [5.74, 6) is 2.41. The van der Waals surface area contributed by atoms with Crippen molar-refractivity contribution in [2.75, 3.05) is 0 Å². The first kappa shape index (κ1) is 15.7. The van der Waals surface area contributed by atoms with Crippen molar-refractivity contribution < 1.29 is 9.53 Å². The second-order valence-corrected chi connectivity index (χ2v) is 9.17. The molecule has 0 saturated heterocycles. The van der Waals surface area contributed by atoms with Crippen molar-refractivity contribution in [1.29, 1.82) is 0 Å². The number of fused-ring (bicyclic) bond motifs is 5. The second-order valence-electron chi connectivity index (χ2n) is 9.17. The van der Waals surface area contributed by atoms with Gasteiger partial charge in [0.15, 0.2) is 0 Å². The van der Waals surface area contributed by atoms with Crippen molar-refractivity contribution in [2.45, 2.75) is 84.7 Å². The summed E-state index contributed by atoms with van der Waals surface area (Å²) in [4.78, 5) is 11.5. The van der Waals surface area contributed by atoms with Crippen LogP contribution in [0, 0.1) is 28.6 Å². The first-order chi connectivity index (χ1) is 10.9. The molecule has 3 fully saturated rings. The predicted octanol–water partition coefficient (Wildman–Crippen LogP) is 5.27. The molecule has 2 heteroatoms. The molecule has 0 bridgehead atoms. The van der Waals surface area contributed by atoms with Gasteiger partial charge in [0.05, 0.1) is 0 Å². The number of esters is 1. The second kappa shape index (κ2) is 5.36. The van der Waals surface area contributed by atoms with Crippen molar-refractivity contribution in [2.24, 2.45) is 28.6 Å². The zero-order valence-corrected chi connectivity index (χ0v) is 15.1. The number of carbonyl (C=O) groups excluding carboxylic acids is 1. The van der Waals surface area contributed by atoms with E-state index in [1.165, 1.54) is 51.4 Å². The highest BCUT2D eigenvalue weighted by molar-refractivity contribution is 5.66. The van der Waals surface area contributed by atoms with Gasteiger partial charge in [0.25, 0.3) is 0 Å². The third kappa shape index (κ3) is 2.23. The summed E-state index contributed by atoms with van der Waals surface area (Å²) in [6.07, 6.45) is 14.5. The molecule has 0 radical (unpaired) electrons. The highest BCUT2D eigenvalue weighted by Crippen LogP contribution is 2.65. The maximum atomic E-state index is 11.5. The van der Waals surface area contributed by atoms with E-state index in [0.29, 0.717) is 5.41 Å². The van der Waals surface area contributed by atoms with Crippen LogP contribution in [0.4, 0.5) is 0 Å². The maximum Gasteiger partial charge on any atom is 0.302 e. The Bertz CT molecular complexity index is 536. The first-order valence-corrected chi connectivity index (χ1v) is 9.82. The fourth-order valence-electron chi connectivity index (χ4n) is 7.10. The van der Waals surface area contributed by atoms with Gasteiger partial charge in [-0.25, -0.2) is 0 Å². The molecule has 128 valence electrons. The fraction of sp³-hybridized carbons (Fsp3) is 0.857. The van der Waals surface area contributed by atoms with E-state index in [9.17, 15) is 4.79 Å². The topological polar surface area (TPSA) is 26.3 Å². The van der Waals surface area contributed by atoms with Crippen molar-refractivity contribution in [3.8, 4) is 0 Å². The molecule has 4 rings (SSSR count). The van der Waals surface area contributed by atoms with E-state index in [2.05, 4.69) is 19.9 Å². The van der Waals surface area contributed by atoms with Crippen LogP contribution in [0.1, 0.15) is 78.6 Å². The Balaban J connectivity index is 1.61. The van der Waals surface area contributed by atoms with Crippen molar-refractivity contribution in [1.82, 2.24) is 0 Å². The minimum Gasteiger partial charge on any atom is -0.462 e. The molecule has 0 heterocycles. The summed E-state index contributed by atoms with van der Waals surface area (Å²) < 4.78 is 5.74. The molecule has 6 atom stereocenters. The van der Waals surface area contributed by atoms with Gasteiger partial charge in [-0.05, 0) is 81.0 Å². The van der Waals surface area contributed by atoms with Crippen LogP contribution in [0.2, 0.25) is 0 Å². The zero-order chi connectivity index (χ0) is 16.2. The number of hydrogen-bond donors (Lipinski definition) is 0. The summed E-state index contributed by atoms with van der Waals surface area (Å²) in [6, 6.07) is 0. The van der Waals surface area contributed by atoms with Gasteiger partial charge >= 0.3 is 5.97 Å². The van der Waals surface area contributed by atoms with Gasteiger partial charge in [0.1, 0.15) is 6.10 Å². The molecular formula is C21H32O2. The standard InChI is InChI=1S/C21H32O2/c1-14(22)23-19-10-9-17-16-8-7-15-6-4-5-12-20(15,2)18(16)11-13-21(17,19)3/h6,16-19H,4-5,7-13H2,1-3H3/t16?,17?,18?,19-,20-,21-/m0/s1.